The summed E-state index contributed by atoms with van der Waals surface area (Å²) in [4.78, 5) is 11.2. The van der Waals surface area contributed by atoms with Gasteiger partial charge in [0.1, 0.15) is 0 Å². The van der Waals surface area contributed by atoms with E-state index in [2.05, 4.69) is 0 Å². The molecule has 0 aromatic rings. The van der Waals surface area contributed by atoms with E-state index in [4.69, 9.17) is 4.74 Å². The zero-order valence-electron chi connectivity index (χ0n) is 10.7. The van der Waals surface area contributed by atoms with Gasteiger partial charge in [-0.3, -0.25) is 4.79 Å². The molecule has 0 rings (SSSR count). The molecule has 0 bridgehead atoms. The van der Waals surface area contributed by atoms with Gasteiger partial charge in [0.2, 0.25) is 6.43 Å². The lowest BCUT2D eigenvalue weighted by atomic mass is 10.1. The van der Waals surface area contributed by atoms with Gasteiger partial charge >= 0.3 is 5.97 Å². The molecule has 0 fully saturated rings. The summed E-state index contributed by atoms with van der Waals surface area (Å²) in [6.45, 7) is 3.63. The minimum absolute atomic E-state index is 0.0630. The van der Waals surface area contributed by atoms with Gasteiger partial charge in [-0.2, -0.15) is 0 Å². The second-order valence-corrected chi connectivity index (χ2v) is 4.39. The fourth-order valence-electron chi connectivity index (χ4n) is 1.30. The molecule has 0 spiro atoms. The third-order valence-corrected chi connectivity index (χ3v) is 2.65. The lowest BCUT2D eigenvalue weighted by molar-refractivity contribution is -0.148. The van der Waals surface area contributed by atoms with E-state index in [0.29, 0.717) is 6.42 Å². The molecule has 2 nitrogen and oxygen atoms in total. The highest BCUT2D eigenvalue weighted by Gasteiger charge is 2.32. The molecule has 0 heterocycles. The van der Waals surface area contributed by atoms with Crippen molar-refractivity contribution in [2.75, 3.05) is 6.61 Å². The molecule has 0 aromatic heterocycles. The highest BCUT2D eigenvalue weighted by molar-refractivity contribution is 5.71. The molecule has 0 N–H and O–H groups in total. The fraction of sp³-hybridized carbons (Fsp3) is 0.917. The monoisotopic (exact) mass is 272 g/mol. The molecule has 0 amide bonds. The Morgan fingerprint density at radius 3 is 2.39 bits per heavy atom. The average Bonchev–Trinajstić information content (AvgIpc) is 2.25. The van der Waals surface area contributed by atoms with Crippen LogP contribution in [-0.2, 0) is 9.53 Å². The van der Waals surface area contributed by atoms with E-state index in [9.17, 15) is 22.4 Å². The van der Waals surface area contributed by atoms with Gasteiger partial charge < -0.3 is 4.74 Å². The Bertz CT molecular complexity index is 244. The summed E-state index contributed by atoms with van der Waals surface area (Å²) in [5, 5.41) is 0. The predicted octanol–water partition coefficient (Wildman–Crippen LogP) is 4.04. The number of hydrogen-bond acceptors (Lipinski definition) is 2. The minimum Gasteiger partial charge on any atom is -0.465 e. The lowest BCUT2D eigenvalue weighted by Gasteiger charge is -2.15. The molecule has 1 unspecified atom stereocenters. The number of halogens is 4. The van der Waals surface area contributed by atoms with E-state index in [0.717, 1.165) is 0 Å². The van der Waals surface area contributed by atoms with Crippen LogP contribution in [-0.4, -0.2) is 24.9 Å². The van der Waals surface area contributed by atoms with Crippen LogP contribution < -0.4 is 0 Å². The van der Waals surface area contributed by atoms with Crippen LogP contribution in [0.5, 0.6) is 0 Å². The molecule has 0 aromatic carbocycles. The fourth-order valence-corrected chi connectivity index (χ4v) is 1.30. The Morgan fingerprint density at radius 1 is 1.28 bits per heavy atom. The van der Waals surface area contributed by atoms with Crippen molar-refractivity contribution in [3.05, 3.63) is 0 Å². The summed E-state index contributed by atoms with van der Waals surface area (Å²) in [7, 11) is 0. The van der Waals surface area contributed by atoms with Crippen molar-refractivity contribution in [2.24, 2.45) is 5.92 Å². The molecule has 108 valence electrons. The van der Waals surface area contributed by atoms with Crippen molar-refractivity contribution in [1.29, 1.82) is 0 Å². The Kier molecular flexibility index (Phi) is 7.95. The molecule has 18 heavy (non-hydrogen) atoms. The summed E-state index contributed by atoms with van der Waals surface area (Å²) in [6, 6.07) is 0. The van der Waals surface area contributed by atoms with Crippen molar-refractivity contribution in [3.8, 4) is 0 Å². The zero-order chi connectivity index (χ0) is 14.2. The molecule has 6 heteroatoms. The minimum atomic E-state index is -3.34. The van der Waals surface area contributed by atoms with Gasteiger partial charge in [0.25, 0.3) is 5.92 Å². The van der Waals surface area contributed by atoms with Crippen LogP contribution in [0.4, 0.5) is 17.6 Å². The maximum absolute atomic E-state index is 12.9. The Morgan fingerprint density at radius 2 is 1.89 bits per heavy atom. The standard InChI is InChI=1S/C12H20F4O2/c1-3-9(2)11(17)18-7-5-4-6-12(15,16)8-10(13)14/h9-10H,3-8H2,1-2H3. The van der Waals surface area contributed by atoms with Crippen LogP contribution >= 0.6 is 0 Å². The largest absolute Gasteiger partial charge is 0.465 e. The maximum atomic E-state index is 12.9. The van der Waals surface area contributed by atoms with Crippen LogP contribution in [0.15, 0.2) is 0 Å². The van der Waals surface area contributed by atoms with E-state index in [-0.39, 0.29) is 31.3 Å². The third kappa shape index (κ3) is 8.31. The van der Waals surface area contributed by atoms with Gasteiger partial charge in [-0.1, -0.05) is 13.8 Å². The van der Waals surface area contributed by atoms with E-state index >= 15 is 0 Å². The van der Waals surface area contributed by atoms with E-state index in [1.165, 1.54) is 0 Å². The first-order chi connectivity index (χ1) is 8.28. The Hall–Kier alpha value is -0.810. The maximum Gasteiger partial charge on any atom is 0.308 e. The highest BCUT2D eigenvalue weighted by atomic mass is 19.3. The molecule has 0 saturated carbocycles. The second-order valence-electron chi connectivity index (χ2n) is 4.39. The SMILES string of the molecule is CCC(C)C(=O)OCCCCC(F)(F)CC(F)F. The summed E-state index contributed by atoms with van der Waals surface area (Å²) in [5.74, 6) is -3.89. The number of unbranched alkanes of at least 4 members (excludes halogenated alkanes) is 1. The Balaban J connectivity index is 3.65. The van der Waals surface area contributed by atoms with E-state index in [1.807, 2.05) is 6.92 Å². The van der Waals surface area contributed by atoms with Crippen LogP contribution in [0, 0.1) is 5.92 Å². The average molecular weight is 272 g/mol. The summed E-state index contributed by atoms with van der Waals surface area (Å²) in [5.41, 5.74) is 0. The molecule has 0 aliphatic heterocycles. The van der Waals surface area contributed by atoms with Crippen molar-refractivity contribution in [3.63, 3.8) is 0 Å². The molecule has 0 aliphatic carbocycles. The number of alkyl halides is 4. The number of esters is 1. The van der Waals surface area contributed by atoms with Crippen LogP contribution in [0.25, 0.3) is 0 Å². The van der Waals surface area contributed by atoms with Crippen LogP contribution in [0.1, 0.15) is 46.0 Å². The number of rotatable bonds is 9. The third-order valence-electron chi connectivity index (χ3n) is 2.65. The van der Waals surface area contributed by atoms with Crippen molar-refractivity contribution in [2.45, 2.75) is 58.3 Å². The van der Waals surface area contributed by atoms with Crippen LogP contribution in [0.3, 0.4) is 0 Å². The van der Waals surface area contributed by atoms with Gasteiger partial charge in [0.15, 0.2) is 0 Å². The molecule has 0 radical (unpaired) electrons. The van der Waals surface area contributed by atoms with Crippen LogP contribution in [0.2, 0.25) is 0 Å². The first kappa shape index (κ1) is 17.2. The zero-order valence-corrected chi connectivity index (χ0v) is 10.7. The molecule has 0 saturated heterocycles. The topological polar surface area (TPSA) is 26.3 Å². The van der Waals surface area contributed by atoms with Crippen molar-refractivity contribution < 1.29 is 27.1 Å². The number of ether oxygens (including phenoxy) is 1. The smallest absolute Gasteiger partial charge is 0.308 e. The molecular formula is C12H20F4O2. The lowest BCUT2D eigenvalue weighted by Crippen LogP contribution is -2.20. The van der Waals surface area contributed by atoms with E-state index < -0.39 is 25.2 Å². The van der Waals surface area contributed by atoms with Gasteiger partial charge in [0.05, 0.1) is 18.9 Å². The normalized spacial score (nSPS) is 13.7. The first-order valence-corrected chi connectivity index (χ1v) is 6.11. The number of carbonyl (C=O) groups excluding carboxylic acids is 1. The highest BCUT2D eigenvalue weighted by Crippen LogP contribution is 2.28. The quantitative estimate of drug-likeness (QED) is 0.360. The molecule has 1 atom stereocenters. The first-order valence-electron chi connectivity index (χ1n) is 6.11. The van der Waals surface area contributed by atoms with Gasteiger partial charge in [-0.15, -0.1) is 0 Å². The summed E-state index contributed by atoms with van der Waals surface area (Å²) < 4.78 is 54.1. The number of hydrogen-bond donors (Lipinski definition) is 0. The van der Waals surface area contributed by atoms with Crippen molar-refractivity contribution in [1.82, 2.24) is 0 Å². The summed E-state index contributed by atoms with van der Waals surface area (Å²) in [6.07, 6.45) is -4.01. The molecular weight excluding hydrogens is 252 g/mol. The number of carbonyl (C=O) groups is 1. The van der Waals surface area contributed by atoms with Crippen molar-refractivity contribution >= 4 is 5.97 Å². The Labute approximate surface area is 105 Å². The predicted molar refractivity (Wildman–Crippen MR) is 59.8 cm³/mol. The van der Waals surface area contributed by atoms with Gasteiger partial charge in [-0.25, -0.2) is 17.6 Å². The summed E-state index contributed by atoms with van der Waals surface area (Å²) >= 11 is 0. The van der Waals surface area contributed by atoms with E-state index in [1.54, 1.807) is 6.92 Å². The molecule has 0 aliphatic rings. The van der Waals surface area contributed by atoms with Gasteiger partial charge in [-0.05, 0) is 19.3 Å². The van der Waals surface area contributed by atoms with Gasteiger partial charge in [0, 0.05) is 6.42 Å². The second kappa shape index (κ2) is 8.32.